The van der Waals surface area contributed by atoms with E-state index in [1.54, 1.807) is 12.3 Å². The molecule has 1 amide bonds. The molecule has 1 saturated heterocycles. The molecule has 1 aliphatic heterocycles. The average Bonchev–Trinajstić information content (AvgIpc) is 3.12. The fourth-order valence-electron chi connectivity index (χ4n) is 3.28. The number of hydrogen-bond acceptors (Lipinski definition) is 5. The lowest BCUT2D eigenvalue weighted by molar-refractivity contribution is 0.0620. The first-order valence-electron chi connectivity index (χ1n) is 9.54. The van der Waals surface area contributed by atoms with Crippen molar-refractivity contribution in [3.05, 3.63) is 42.0 Å². The zero-order valence-electron chi connectivity index (χ0n) is 16.7. The van der Waals surface area contributed by atoms with Crippen molar-refractivity contribution in [2.75, 3.05) is 32.8 Å². The molecule has 1 N–H and O–H groups in total. The summed E-state index contributed by atoms with van der Waals surface area (Å²) in [5, 5.41) is 3.36. The quantitative estimate of drug-likeness (QED) is 0.762. The second kappa shape index (κ2) is 10.3. The highest BCUT2D eigenvalue weighted by Crippen LogP contribution is 2.30. The maximum Gasteiger partial charge on any atom is 0.254 e. The molecular weight excluding hydrogens is 380 g/mol. The Morgan fingerprint density at radius 1 is 1.29 bits per heavy atom. The average molecular weight is 409 g/mol. The Morgan fingerprint density at radius 2 is 2.11 bits per heavy atom. The number of carbonyl (C=O) groups excluding carboxylic acids is 1. The van der Waals surface area contributed by atoms with Crippen LogP contribution in [0, 0.1) is 0 Å². The maximum absolute atomic E-state index is 13.3. The van der Waals surface area contributed by atoms with Gasteiger partial charge in [-0.1, -0.05) is 6.92 Å². The normalized spacial score (nSPS) is 16.4. The van der Waals surface area contributed by atoms with Gasteiger partial charge in [-0.15, -0.1) is 12.4 Å². The summed E-state index contributed by atoms with van der Waals surface area (Å²) >= 11 is 0. The number of rotatable bonds is 7. The monoisotopic (exact) mass is 408 g/mol. The highest BCUT2D eigenvalue weighted by atomic mass is 35.5. The molecule has 154 valence electrons. The van der Waals surface area contributed by atoms with Crippen molar-refractivity contribution < 1.29 is 14.3 Å². The van der Waals surface area contributed by atoms with Crippen LogP contribution < -0.4 is 14.8 Å². The summed E-state index contributed by atoms with van der Waals surface area (Å²) < 4.78 is 13.4. The van der Waals surface area contributed by atoms with Crippen molar-refractivity contribution >= 4 is 18.3 Å². The van der Waals surface area contributed by atoms with Gasteiger partial charge in [0.25, 0.3) is 5.91 Å². The van der Waals surface area contributed by atoms with E-state index in [0.29, 0.717) is 43.4 Å². The second-order valence-electron chi connectivity index (χ2n) is 6.56. The number of imidazole rings is 1. The van der Waals surface area contributed by atoms with Crippen LogP contribution in [0.1, 0.15) is 42.5 Å². The standard InChI is InChI=1S/C20H28N4O3.ClH/c1-4-12-27-17-7-6-15(13-18(17)26-5-2)20(25)24-11-8-21-14-16(24)19-22-9-10-23(19)3;/h6-7,9-10,13,16,21H,4-5,8,11-12,14H2,1-3H3;1H. The molecule has 2 heterocycles. The van der Waals surface area contributed by atoms with Crippen LogP contribution in [0.2, 0.25) is 0 Å². The van der Waals surface area contributed by atoms with Gasteiger partial charge in [0.1, 0.15) is 11.9 Å². The van der Waals surface area contributed by atoms with Gasteiger partial charge in [0.15, 0.2) is 11.5 Å². The molecule has 1 atom stereocenters. The topological polar surface area (TPSA) is 68.6 Å². The summed E-state index contributed by atoms with van der Waals surface area (Å²) in [5.74, 6) is 2.15. The first kappa shape index (κ1) is 22.0. The molecule has 0 bridgehead atoms. The SMILES string of the molecule is CCCOc1ccc(C(=O)N2CCNCC2c2nccn2C)cc1OCC.Cl. The van der Waals surface area contributed by atoms with Crippen LogP contribution in [0.4, 0.5) is 0 Å². The largest absolute Gasteiger partial charge is 0.490 e. The number of nitrogens with one attached hydrogen (secondary N) is 1. The Kier molecular flexibility index (Phi) is 8.14. The van der Waals surface area contributed by atoms with Gasteiger partial charge in [0, 0.05) is 44.6 Å². The van der Waals surface area contributed by atoms with E-state index < -0.39 is 0 Å². The molecule has 1 aliphatic rings. The third-order valence-electron chi connectivity index (χ3n) is 4.61. The number of aromatic nitrogens is 2. The third-order valence-corrected chi connectivity index (χ3v) is 4.61. The summed E-state index contributed by atoms with van der Waals surface area (Å²) in [7, 11) is 1.95. The molecule has 1 aromatic heterocycles. The van der Waals surface area contributed by atoms with Gasteiger partial charge in [0.2, 0.25) is 0 Å². The van der Waals surface area contributed by atoms with E-state index in [-0.39, 0.29) is 24.4 Å². The van der Waals surface area contributed by atoms with Crippen molar-refractivity contribution in [2.45, 2.75) is 26.3 Å². The number of amides is 1. The van der Waals surface area contributed by atoms with Crippen molar-refractivity contribution in [2.24, 2.45) is 7.05 Å². The van der Waals surface area contributed by atoms with Crippen LogP contribution in [0.3, 0.4) is 0 Å². The Balaban J connectivity index is 0.00000280. The molecule has 8 heteroatoms. The smallest absolute Gasteiger partial charge is 0.254 e. The minimum absolute atomic E-state index is 0. The predicted octanol–water partition coefficient (Wildman–Crippen LogP) is 2.82. The molecule has 0 aliphatic carbocycles. The van der Waals surface area contributed by atoms with E-state index in [0.717, 1.165) is 18.8 Å². The van der Waals surface area contributed by atoms with E-state index in [4.69, 9.17) is 9.47 Å². The van der Waals surface area contributed by atoms with Crippen LogP contribution in [0.25, 0.3) is 0 Å². The van der Waals surface area contributed by atoms with Crippen molar-refractivity contribution in [3.8, 4) is 11.5 Å². The molecule has 0 radical (unpaired) electrons. The van der Waals surface area contributed by atoms with Crippen LogP contribution in [-0.4, -0.2) is 53.2 Å². The molecular formula is C20H29ClN4O3. The first-order valence-corrected chi connectivity index (χ1v) is 9.54. The van der Waals surface area contributed by atoms with E-state index >= 15 is 0 Å². The fourth-order valence-corrected chi connectivity index (χ4v) is 3.28. The van der Waals surface area contributed by atoms with E-state index in [1.807, 2.05) is 41.8 Å². The Morgan fingerprint density at radius 3 is 2.79 bits per heavy atom. The molecule has 0 spiro atoms. The summed E-state index contributed by atoms with van der Waals surface area (Å²) in [6, 6.07) is 5.32. The number of carbonyl (C=O) groups is 1. The summed E-state index contributed by atoms with van der Waals surface area (Å²) in [5.41, 5.74) is 0.600. The van der Waals surface area contributed by atoms with Crippen LogP contribution in [-0.2, 0) is 7.05 Å². The van der Waals surface area contributed by atoms with Gasteiger partial charge in [0.05, 0.1) is 13.2 Å². The van der Waals surface area contributed by atoms with Gasteiger partial charge in [-0.05, 0) is 31.5 Å². The summed E-state index contributed by atoms with van der Waals surface area (Å²) in [6.45, 7) is 7.20. The minimum atomic E-state index is -0.0992. The molecule has 0 saturated carbocycles. The molecule has 1 fully saturated rings. The minimum Gasteiger partial charge on any atom is -0.490 e. The van der Waals surface area contributed by atoms with Gasteiger partial charge in [-0.2, -0.15) is 0 Å². The van der Waals surface area contributed by atoms with Crippen LogP contribution in [0.5, 0.6) is 11.5 Å². The first-order chi connectivity index (χ1) is 13.2. The van der Waals surface area contributed by atoms with Gasteiger partial charge < -0.3 is 24.3 Å². The molecule has 1 aromatic carbocycles. The van der Waals surface area contributed by atoms with E-state index in [9.17, 15) is 4.79 Å². The lowest BCUT2D eigenvalue weighted by atomic mass is 10.1. The highest BCUT2D eigenvalue weighted by molar-refractivity contribution is 5.95. The lowest BCUT2D eigenvalue weighted by Gasteiger charge is -2.35. The van der Waals surface area contributed by atoms with E-state index in [2.05, 4.69) is 17.2 Å². The third kappa shape index (κ3) is 4.77. The van der Waals surface area contributed by atoms with Crippen LogP contribution >= 0.6 is 12.4 Å². The zero-order chi connectivity index (χ0) is 19.2. The molecule has 28 heavy (non-hydrogen) atoms. The van der Waals surface area contributed by atoms with Crippen molar-refractivity contribution in [1.29, 1.82) is 0 Å². The molecule has 3 rings (SSSR count). The highest BCUT2D eigenvalue weighted by Gasteiger charge is 2.31. The lowest BCUT2D eigenvalue weighted by Crippen LogP contribution is -2.49. The second-order valence-corrected chi connectivity index (χ2v) is 6.56. The van der Waals surface area contributed by atoms with Gasteiger partial charge in [-0.3, -0.25) is 4.79 Å². The Labute approximate surface area is 172 Å². The number of nitrogens with zero attached hydrogens (tertiary/aromatic N) is 3. The maximum atomic E-state index is 13.3. The number of benzene rings is 1. The molecule has 1 unspecified atom stereocenters. The zero-order valence-corrected chi connectivity index (χ0v) is 17.5. The fraction of sp³-hybridized carbons (Fsp3) is 0.500. The Bertz CT molecular complexity index is 781. The van der Waals surface area contributed by atoms with E-state index in [1.165, 1.54) is 0 Å². The van der Waals surface area contributed by atoms with Gasteiger partial charge in [-0.25, -0.2) is 4.98 Å². The predicted molar refractivity (Wildman–Crippen MR) is 111 cm³/mol. The summed E-state index contributed by atoms with van der Waals surface area (Å²) in [6.07, 6.45) is 4.58. The van der Waals surface area contributed by atoms with Crippen molar-refractivity contribution in [1.82, 2.24) is 19.8 Å². The Hall–Kier alpha value is -2.25. The number of piperazine rings is 1. The van der Waals surface area contributed by atoms with Gasteiger partial charge >= 0.3 is 0 Å². The van der Waals surface area contributed by atoms with Crippen LogP contribution in [0.15, 0.2) is 30.6 Å². The number of halogens is 1. The molecule has 7 nitrogen and oxygen atoms in total. The summed E-state index contributed by atoms with van der Waals surface area (Å²) in [4.78, 5) is 19.6. The number of ether oxygens (including phenoxy) is 2. The number of hydrogen-bond donors (Lipinski definition) is 1. The van der Waals surface area contributed by atoms with Crippen molar-refractivity contribution in [3.63, 3.8) is 0 Å². The molecule has 2 aromatic rings. The number of aryl methyl sites for hydroxylation is 1.